The Hall–Kier alpha value is -0.394. The van der Waals surface area contributed by atoms with Crippen molar-refractivity contribution < 1.29 is 69.1 Å². The van der Waals surface area contributed by atoms with Gasteiger partial charge >= 0.3 is 51.4 Å². The zero-order valence-electron chi connectivity index (χ0n) is 12.7. The number of ether oxygens (including phenoxy) is 1. The van der Waals surface area contributed by atoms with Crippen molar-refractivity contribution in [3.63, 3.8) is 0 Å². The fraction of sp³-hybridized carbons (Fsp3) is 0.286. The van der Waals surface area contributed by atoms with Crippen LogP contribution in [0.25, 0.3) is 10.8 Å². The average molecular weight is 360 g/mol. The van der Waals surface area contributed by atoms with E-state index >= 15 is 0 Å². The van der Waals surface area contributed by atoms with Crippen molar-refractivity contribution in [1.29, 1.82) is 0 Å². The number of morpholine rings is 1. The van der Waals surface area contributed by atoms with Crippen LogP contribution in [0.1, 0.15) is 0 Å². The minimum atomic E-state index is -4.28. The molecule has 1 aliphatic heterocycles. The summed E-state index contributed by atoms with van der Waals surface area (Å²) in [5.41, 5.74) is 0.550. The summed E-state index contributed by atoms with van der Waals surface area (Å²) in [5.74, 6) is 0. The molecule has 0 saturated carbocycles. The minimum Gasteiger partial charge on any atom is -0.378 e. The number of nitrogens with zero attached hydrogens (tertiary/aromatic N) is 3. The monoisotopic (exact) mass is 360 g/mol. The van der Waals surface area contributed by atoms with Gasteiger partial charge in [-0.2, -0.15) is 8.42 Å². The van der Waals surface area contributed by atoms with Gasteiger partial charge in [0.05, 0.1) is 32.0 Å². The first-order chi connectivity index (χ1) is 10.6. The summed E-state index contributed by atoms with van der Waals surface area (Å²) in [6.45, 7) is 2.57. The molecular weight excluding hydrogens is 345 g/mol. The Labute approximate surface area is 176 Å². The molecule has 1 aliphatic rings. The van der Waals surface area contributed by atoms with Crippen LogP contribution in [0.15, 0.2) is 51.6 Å². The van der Waals surface area contributed by atoms with Crippen molar-refractivity contribution in [3.8, 4) is 0 Å². The largest absolute Gasteiger partial charge is 1.00 e. The summed E-state index contributed by atoms with van der Waals surface area (Å²) in [4.78, 5) is -0.131. The predicted molar refractivity (Wildman–Crippen MR) is 80.7 cm³/mol. The molecule has 0 radical (unpaired) electrons. The zero-order valence-corrected chi connectivity index (χ0v) is 16.7. The van der Waals surface area contributed by atoms with Gasteiger partial charge in [0.1, 0.15) is 4.90 Å². The van der Waals surface area contributed by atoms with Gasteiger partial charge < -0.3 is 4.74 Å². The smallest absolute Gasteiger partial charge is 0.378 e. The van der Waals surface area contributed by atoms with Gasteiger partial charge in [0.25, 0.3) is 10.1 Å². The summed E-state index contributed by atoms with van der Waals surface area (Å²) in [6, 6.07) is 9.74. The van der Waals surface area contributed by atoms with Gasteiger partial charge in [-0.3, -0.25) is 9.56 Å². The topological polar surface area (TPSA) is 91.6 Å². The molecule has 0 unspecified atom stereocenters. The molecule has 0 aliphatic carbocycles. The first-order valence-corrected chi connectivity index (χ1v) is 8.23. The van der Waals surface area contributed by atoms with Gasteiger partial charge in [0, 0.05) is 10.8 Å². The Balaban J connectivity index is 0.00000192. The standard InChI is InChI=1S/C14H15N3O4S.K/c18-22(19,20)14-6-5-13(11-3-1-2-4-12(11)14)15-16-17-7-9-21-10-8-17;/h1-6H,7-10H2,(H,18,19,20);/q;+1. The summed E-state index contributed by atoms with van der Waals surface area (Å²) < 4.78 is 37.4. The normalized spacial score (nSPS) is 15.8. The second kappa shape index (κ2) is 8.12. The van der Waals surface area contributed by atoms with Gasteiger partial charge in [-0.15, -0.1) is 5.11 Å². The number of rotatable bonds is 3. The number of benzene rings is 2. The van der Waals surface area contributed by atoms with Crippen LogP contribution in [0.4, 0.5) is 5.69 Å². The van der Waals surface area contributed by atoms with E-state index in [1.54, 1.807) is 29.3 Å². The van der Waals surface area contributed by atoms with Crippen LogP contribution in [-0.4, -0.2) is 44.3 Å². The molecule has 1 heterocycles. The van der Waals surface area contributed by atoms with E-state index in [0.29, 0.717) is 42.8 Å². The number of hydrogen-bond donors (Lipinski definition) is 1. The Morgan fingerprint density at radius 2 is 1.70 bits per heavy atom. The number of fused-ring (bicyclic) bond motifs is 1. The van der Waals surface area contributed by atoms with Crippen molar-refractivity contribution in [2.24, 2.45) is 10.3 Å². The van der Waals surface area contributed by atoms with Crippen LogP contribution in [0.2, 0.25) is 0 Å². The summed E-state index contributed by atoms with van der Waals surface area (Å²) >= 11 is 0. The van der Waals surface area contributed by atoms with Gasteiger partial charge in [-0.05, 0) is 12.1 Å². The van der Waals surface area contributed by atoms with Gasteiger partial charge in [0.15, 0.2) is 0 Å². The Kier molecular flexibility index (Phi) is 6.69. The third-order valence-electron chi connectivity index (χ3n) is 3.41. The molecule has 2 aromatic rings. The van der Waals surface area contributed by atoms with E-state index in [4.69, 9.17) is 4.74 Å². The first kappa shape index (κ1) is 18.9. The van der Waals surface area contributed by atoms with Crippen LogP contribution >= 0.6 is 0 Å². The van der Waals surface area contributed by atoms with Gasteiger partial charge in [-0.25, -0.2) is 0 Å². The van der Waals surface area contributed by atoms with E-state index in [9.17, 15) is 13.0 Å². The van der Waals surface area contributed by atoms with E-state index in [-0.39, 0.29) is 56.3 Å². The molecule has 0 bridgehead atoms. The van der Waals surface area contributed by atoms with Gasteiger partial charge in [-0.1, -0.05) is 29.5 Å². The molecule has 1 N–H and O–H groups in total. The number of hydrogen-bond acceptors (Lipinski definition) is 5. The van der Waals surface area contributed by atoms with Gasteiger partial charge in [0.2, 0.25) is 0 Å². The van der Waals surface area contributed by atoms with Crippen LogP contribution in [0.5, 0.6) is 0 Å². The Morgan fingerprint density at radius 3 is 2.35 bits per heavy atom. The van der Waals surface area contributed by atoms with Crippen molar-refractivity contribution in [2.75, 3.05) is 26.3 Å². The van der Waals surface area contributed by atoms with E-state index < -0.39 is 10.1 Å². The second-order valence-electron chi connectivity index (χ2n) is 4.86. The van der Waals surface area contributed by atoms with E-state index in [1.165, 1.54) is 12.1 Å². The van der Waals surface area contributed by atoms with Crippen LogP contribution in [-0.2, 0) is 14.9 Å². The second-order valence-corrected chi connectivity index (χ2v) is 6.25. The maximum Gasteiger partial charge on any atom is 1.00 e. The average Bonchev–Trinajstić information content (AvgIpc) is 2.52. The van der Waals surface area contributed by atoms with Crippen molar-refractivity contribution in [3.05, 3.63) is 36.4 Å². The summed E-state index contributed by atoms with van der Waals surface area (Å²) in [5, 5.41) is 11.2. The molecule has 7 nitrogen and oxygen atoms in total. The predicted octanol–water partition coefficient (Wildman–Crippen LogP) is -0.579. The molecule has 3 rings (SSSR count). The SMILES string of the molecule is O=S(=O)(O)c1ccc(N=NN2CCOCC2)c2ccccc12.[K+]. The Morgan fingerprint density at radius 1 is 1.04 bits per heavy atom. The molecule has 0 spiro atoms. The fourth-order valence-corrected chi connectivity index (χ4v) is 3.02. The van der Waals surface area contributed by atoms with Crippen LogP contribution < -0.4 is 51.4 Å². The summed E-state index contributed by atoms with van der Waals surface area (Å²) in [7, 11) is -4.28. The molecule has 0 atom stereocenters. The van der Waals surface area contributed by atoms with E-state index in [0.717, 1.165) is 0 Å². The minimum absolute atomic E-state index is 0. The first-order valence-electron chi connectivity index (χ1n) is 6.79. The quantitative estimate of drug-likeness (QED) is 0.449. The van der Waals surface area contributed by atoms with Crippen molar-refractivity contribution >= 4 is 26.6 Å². The molecule has 9 heteroatoms. The molecule has 23 heavy (non-hydrogen) atoms. The maximum atomic E-state index is 11.4. The molecular formula is C14H15KN3O4S+. The van der Waals surface area contributed by atoms with Crippen molar-refractivity contribution in [1.82, 2.24) is 5.01 Å². The summed E-state index contributed by atoms with van der Waals surface area (Å²) in [6.07, 6.45) is 0. The fourth-order valence-electron chi connectivity index (χ4n) is 2.32. The molecule has 2 aromatic carbocycles. The third-order valence-corrected chi connectivity index (χ3v) is 4.32. The molecule has 1 fully saturated rings. The van der Waals surface area contributed by atoms with Crippen LogP contribution in [0, 0.1) is 0 Å². The molecule has 0 amide bonds. The molecule has 116 valence electrons. The zero-order chi connectivity index (χ0) is 15.6. The van der Waals surface area contributed by atoms with Crippen molar-refractivity contribution in [2.45, 2.75) is 4.90 Å². The maximum absolute atomic E-state index is 11.4. The molecule has 0 aromatic heterocycles. The third kappa shape index (κ3) is 4.58. The van der Waals surface area contributed by atoms with E-state index in [2.05, 4.69) is 10.3 Å². The molecule has 1 saturated heterocycles. The van der Waals surface area contributed by atoms with E-state index in [1.807, 2.05) is 0 Å². The van der Waals surface area contributed by atoms with Crippen LogP contribution in [0.3, 0.4) is 0 Å². The Bertz CT molecular complexity index is 820.